The lowest BCUT2D eigenvalue weighted by molar-refractivity contribution is 0.0326. The standard InChI is InChI=1S/C23H29N3O2/c1-19-8-2-5-11-22(19)28-15-7-6-12-26-21-10-4-3-9-20(21)24-23(26)18-25-13-16-27-17-14-25/h2-5,8-11H,6-7,12-18H2,1H3. The Labute approximate surface area is 166 Å². The lowest BCUT2D eigenvalue weighted by Gasteiger charge is -2.26. The quantitative estimate of drug-likeness (QED) is 0.554. The van der Waals surface area contributed by atoms with E-state index in [4.69, 9.17) is 14.5 Å². The number of aromatic nitrogens is 2. The van der Waals surface area contributed by atoms with E-state index >= 15 is 0 Å². The maximum absolute atomic E-state index is 5.95. The van der Waals surface area contributed by atoms with E-state index in [1.165, 1.54) is 11.1 Å². The van der Waals surface area contributed by atoms with E-state index in [-0.39, 0.29) is 0 Å². The summed E-state index contributed by atoms with van der Waals surface area (Å²) in [5.41, 5.74) is 3.50. The maximum atomic E-state index is 5.95. The third kappa shape index (κ3) is 4.54. The number of ether oxygens (including phenoxy) is 2. The number of benzene rings is 2. The average molecular weight is 380 g/mol. The maximum Gasteiger partial charge on any atom is 0.124 e. The van der Waals surface area contributed by atoms with Crippen LogP contribution in [0.2, 0.25) is 0 Å². The van der Waals surface area contributed by atoms with Gasteiger partial charge >= 0.3 is 0 Å². The van der Waals surface area contributed by atoms with Crippen molar-refractivity contribution in [3.8, 4) is 5.75 Å². The summed E-state index contributed by atoms with van der Waals surface area (Å²) in [5, 5.41) is 0. The topological polar surface area (TPSA) is 39.5 Å². The van der Waals surface area contributed by atoms with Crippen LogP contribution in [-0.4, -0.2) is 47.4 Å². The van der Waals surface area contributed by atoms with Crippen LogP contribution >= 0.6 is 0 Å². The number of nitrogens with zero attached hydrogens (tertiary/aromatic N) is 3. The summed E-state index contributed by atoms with van der Waals surface area (Å²) in [6, 6.07) is 16.6. The molecule has 3 aromatic rings. The Morgan fingerprint density at radius 2 is 1.79 bits per heavy atom. The molecule has 4 rings (SSSR count). The van der Waals surface area contributed by atoms with Gasteiger partial charge in [0, 0.05) is 19.6 Å². The van der Waals surface area contributed by atoms with Crippen LogP contribution in [0.25, 0.3) is 11.0 Å². The highest BCUT2D eigenvalue weighted by Gasteiger charge is 2.16. The van der Waals surface area contributed by atoms with E-state index in [9.17, 15) is 0 Å². The summed E-state index contributed by atoms with van der Waals surface area (Å²) in [6.45, 7) is 8.28. The van der Waals surface area contributed by atoms with Crippen LogP contribution in [0.1, 0.15) is 24.2 Å². The monoisotopic (exact) mass is 379 g/mol. The van der Waals surface area contributed by atoms with E-state index in [0.717, 1.165) is 75.9 Å². The van der Waals surface area contributed by atoms with E-state index in [1.54, 1.807) is 0 Å². The molecule has 0 saturated carbocycles. The highest BCUT2D eigenvalue weighted by atomic mass is 16.5. The second-order valence-electron chi connectivity index (χ2n) is 7.38. The number of aryl methyl sites for hydroxylation is 2. The van der Waals surface area contributed by atoms with Crippen molar-refractivity contribution >= 4 is 11.0 Å². The van der Waals surface area contributed by atoms with Crippen molar-refractivity contribution in [2.75, 3.05) is 32.9 Å². The second-order valence-corrected chi connectivity index (χ2v) is 7.38. The van der Waals surface area contributed by atoms with Crippen molar-refractivity contribution in [1.29, 1.82) is 0 Å². The molecule has 0 radical (unpaired) electrons. The number of hydrogen-bond donors (Lipinski definition) is 0. The Bertz CT molecular complexity index is 900. The Morgan fingerprint density at radius 3 is 2.64 bits per heavy atom. The SMILES string of the molecule is Cc1ccccc1OCCCCn1c(CN2CCOCC2)nc2ccccc21. The van der Waals surface area contributed by atoms with Gasteiger partial charge in [0.25, 0.3) is 0 Å². The van der Waals surface area contributed by atoms with Gasteiger partial charge in [-0.25, -0.2) is 4.98 Å². The minimum absolute atomic E-state index is 0.746. The third-order valence-electron chi connectivity index (χ3n) is 5.33. The molecule has 5 heteroatoms. The number of hydrogen-bond acceptors (Lipinski definition) is 4. The highest BCUT2D eigenvalue weighted by Crippen LogP contribution is 2.20. The van der Waals surface area contributed by atoms with Crippen molar-refractivity contribution in [3.05, 3.63) is 59.9 Å². The molecule has 0 atom stereocenters. The van der Waals surface area contributed by atoms with Gasteiger partial charge < -0.3 is 14.0 Å². The van der Waals surface area contributed by atoms with Gasteiger partial charge in [0.1, 0.15) is 11.6 Å². The number of rotatable bonds is 8. The van der Waals surface area contributed by atoms with Crippen molar-refractivity contribution in [2.24, 2.45) is 0 Å². The lowest BCUT2D eigenvalue weighted by Crippen LogP contribution is -2.36. The van der Waals surface area contributed by atoms with Gasteiger partial charge in [-0.05, 0) is 43.5 Å². The highest BCUT2D eigenvalue weighted by molar-refractivity contribution is 5.75. The van der Waals surface area contributed by atoms with Crippen LogP contribution in [0.3, 0.4) is 0 Å². The van der Waals surface area contributed by atoms with Gasteiger partial charge in [0.15, 0.2) is 0 Å². The summed E-state index contributed by atoms with van der Waals surface area (Å²) in [7, 11) is 0. The molecule has 0 aliphatic carbocycles. The number of unbranched alkanes of at least 4 members (excludes halogenated alkanes) is 1. The summed E-state index contributed by atoms with van der Waals surface area (Å²) in [4.78, 5) is 7.35. The predicted molar refractivity (Wildman–Crippen MR) is 112 cm³/mol. The number of para-hydroxylation sites is 3. The van der Waals surface area contributed by atoms with Crippen LogP contribution in [0, 0.1) is 6.92 Å². The summed E-state index contributed by atoms with van der Waals surface area (Å²) in [6.07, 6.45) is 2.10. The zero-order valence-corrected chi connectivity index (χ0v) is 16.6. The molecule has 5 nitrogen and oxygen atoms in total. The molecule has 148 valence electrons. The Balaban J connectivity index is 1.38. The van der Waals surface area contributed by atoms with Crippen LogP contribution < -0.4 is 4.74 Å². The third-order valence-corrected chi connectivity index (χ3v) is 5.33. The van der Waals surface area contributed by atoms with Crippen LogP contribution in [0.15, 0.2) is 48.5 Å². The summed E-state index contributed by atoms with van der Waals surface area (Å²) in [5.74, 6) is 2.14. The minimum atomic E-state index is 0.746. The van der Waals surface area contributed by atoms with Crippen molar-refractivity contribution in [2.45, 2.75) is 32.9 Å². The predicted octanol–water partition coefficient (Wildman–Crippen LogP) is 4.04. The van der Waals surface area contributed by atoms with Gasteiger partial charge in [0.2, 0.25) is 0 Å². The Morgan fingerprint density at radius 1 is 1.00 bits per heavy atom. The summed E-state index contributed by atoms with van der Waals surface area (Å²) < 4.78 is 13.8. The fourth-order valence-electron chi connectivity index (χ4n) is 3.73. The first-order chi connectivity index (χ1) is 13.8. The molecule has 2 aromatic carbocycles. The molecule has 0 amide bonds. The van der Waals surface area contributed by atoms with E-state index < -0.39 is 0 Å². The van der Waals surface area contributed by atoms with Crippen LogP contribution in [-0.2, 0) is 17.8 Å². The molecule has 0 unspecified atom stereocenters. The fraction of sp³-hybridized carbons (Fsp3) is 0.435. The lowest BCUT2D eigenvalue weighted by atomic mass is 10.2. The number of fused-ring (bicyclic) bond motifs is 1. The molecule has 0 bridgehead atoms. The van der Waals surface area contributed by atoms with Crippen LogP contribution in [0.4, 0.5) is 0 Å². The van der Waals surface area contributed by atoms with Crippen molar-refractivity contribution < 1.29 is 9.47 Å². The Kier molecular flexibility index (Phi) is 6.24. The Hall–Kier alpha value is -2.37. The average Bonchev–Trinajstić information content (AvgIpc) is 3.07. The smallest absolute Gasteiger partial charge is 0.124 e. The molecule has 2 heterocycles. The zero-order valence-electron chi connectivity index (χ0n) is 16.6. The van der Waals surface area contributed by atoms with Crippen LogP contribution in [0.5, 0.6) is 5.75 Å². The minimum Gasteiger partial charge on any atom is -0.493 e. The molecule has 1 fully saturated rings. The molecule has 1 saturated heterocycles. The number of imidazole rings is 1. The zero-order chi connectivity index (χ0) is 19.2. The van der Waals surface area contributed by atoms with Crippen molar-refractivity contribution in [3.63, 3.8) is 0 Å². The van der Waals surface area contributed by atoms with Gasteiger partial charge in [-0.3, -0.25) is 4.90 Å². The molecule has 1 aliphatic heterocycles. The first-order valence-electron chi connectivity index (χ1n) is 10.2. The largest absolute Gasteiger partial charge is 0.493 e. The van der Waals surface area contributed by atoms with Gasteiger partial charge in [-0.1, -0.05) is 30.3 Å². The molecule has 0 spiro atoms. The first kappa shape index (κ1) is 19.0. The van der Waals surface area contributed by atoms with Crippen molar-refractivity contribution in [1.82, 2.24) is 14.5 Å². The summed E-state index contributed by atoms with van der Waals surface area (Å²) >= 11 is 0. The molecule has 0 N–H and O–H groups in total. The van der Waals surface area contributed by atoms with E-state index in [0.29, 0.717) is 0 Å². The van der Waals surface area contributed by atoms with Gasteiger partial charge in [0.05, 0.1) is 37.4 Å². The second kappa shape index (κ2) is 9.22. The van der Waals surface area contributed by atoms with E-state index in [2.05, 4.69) is 46.7 Å². The normalized spacial score (nSPS) is 15.2. The van der Waals surface area contributed by atoms with Gasteiger partial charge in [-0.2, -0.15) is 0 Å². The first-order valence-corrected chi connectivity index (χ1v) is 10.2. The van der Waals surface area contributed by atoms with E-state index in [1.807, 2.05) is 18.2 Å². The molecular formula is C23H29N3O2. The molecule has 28 heavy (non-hydrogen) atoms. The fourth-order valence-corrected chi connectivity index (χ4v) is 3.73. The molecular weight excluding hydrogens is 350 g/mol. The van der Waals surface area contributed by atoms with Gasteiger partial charge in [-0.15, -0.1) is 0 Å². The molecule has 1 aromatic heterocycles. The molecule has 1 aliphatic rings. The number of morpholine rings is 1.